The van der Waals surface area contributed by atoms with Gasteiger partial charge in [-0.3, -0.25) is 9.40 Å². The standard InChI is InChI=1S/C10H10IN3O2S/c1-14-10(6-7-12-14)17(15,16)13-9-4-2-8(11)3-5-9/h2-7,13H,1H3. The van der Waals surface area contributed by atoms with Gasteiger partial charge in [0.2, 0.25) is 0 Å². The van der Waals surface area contributed by atoms with E-state index in [1.54, 1.807) is 19.2 Å². The molecule has 0 amide bonds. The summed E-state index contributed by atoms with van der Waals surface area (Å²) < 4.78 is 28.8. The molecule has 1 aromatic carbocycles. The third-order valence-corrected chi connectivity index (χ3v) is 4.32. The summed E-state index contributed by atoms with van der Waals surface area (Å²) in [6.45, 7) is 0. The van der Waals surface area contributed by atoms with Gasteiger partial charge in [0.05, 0.1) is 6.20 Å². The third-order valence-electron chi connectivity index (χ3n) is 2.15. The molecule has 0 bridgehead atoms. The Kier molecular flexibility index (Phi) is 3.38. The van der Waals surface area contributed by atoms with E-state index >= 15 is 0 Å². The lowest BCUT2D eigenvalue weighted by Gasteiger charge is -2.07. The summed E-state index contributed by atoms with van der Waals surface area (Å²) in [5, 5.41) is 3.97. The quantitative estimate of drug-likeness (QED) is 0.847. The predicted molar refractivity (Wildman–Crippen MR) is 73.2 cm³/mol. The van der Waals surface area contributed by atoms with Crippen LogP contribution < -0.4 is 4.72 Å². The number of sulfonamides is 1. The van der Waals surface area contributed by atoms with E-state index in [2.05, 4.69) is 32.4 Å². The van der Waals surface area contributed by atoms with E-state index in [1.165, 1.54) is 16.9 Å². The topological polar surface area (TPSA) is 64.0 Å². The van der Waals surface area contributed by atoms with Crippen LogP contribution in [0.2, 0.25) is 0 Å². The average Bonchev–Trinajstić information content (AvgIpc) is 2.68. The van der Waals surface area contributed by atoms with Gasteiger partial charge in [0.15, 0.2) is 5.03 Å². The molecule has 0 saturated heterocycles. The van der Waals surface area contributed by atoms with Gasteiger partial charge in [-0.15, -0.1) is 0 Å². The van der Waals surface area contributed by atoms with E-state index in [1.807, 2.05) is 12.1 Å². The van der Waals surface area contributed by atoms with Gasteiger partial charge in [0.1, 0.15) is 0 Å². The fourth-order valence-corrected chi connectivity index (χ4v) is 2.90. The van der Waals surface area contributed by atoms with E-state index in [4.69, 9.17) is 0 Å². The molecule has 2 aromatic rings. The summed E-state index contributed by atoms with van der Waals surface area (Å²) in [6.07, 6.45) is 1.45. The summed E-state index contributed by atoms with van der Waals surface area (Å²) in [5.74, 6) is 0. The highest BCUT2D eigenvalue weighted by atomic mass is 127. The first-order valence-corrected chi connectivity index (χ1v) is 7.31. The van der Waals surface area contributed by atoms with Crippen LogP contribution in [0.4, 0.5) is 5.69 Å². The zero-order valence-corrected chi connectivity index (χ0v) is 11.9. The number of nitrogens with one attached hydrogen (secondary N) is 1. The number of halogens is 1. The van der Waals surface area contributed by atoms with Gasteiger partial charge in [-0.25, -0.2) is 0 Å². The second-order valence-corrected chi connectivity index (χ2v) is 6.28. The number of rotatable bonds is 3. The molecule has 1 N–H and O–H groups in total. The molecule has 0 aliphatic rings. The smallest absolute Gasteiger partial charge is 0.278 e. The van der Waals surface area contributed by atoms with Crippen molar-refractivity contribution in [3.05, 3.63) is 40.1 Å². The molecule has 1 aromatic heterocycles. The molecule has 0 saturated carbocycles. The summed E-state index contributed by atoms with van der Waals surface area (Å²) in [4.78, 5) is 0. The van der Waals surface area contributed by atoms with Crippen LogP contribution in [0.15, 0.2) is 41.6 Å². The third kappa shape index (κ3) is 2.78. The van der Waals surface area contributed by atoms with E-state index < -0.39 is 10.0 Å². The minimum atomic E-state index is -3.57. The van der Waals surface area contributed by atoms with Crippen LogP contribution in [-0.4, -0.2) is 18.2 Å². The van der Waals surface area contributed by atoms with E-state index in [0.29, 0.717) is 5.69 Å². The van der Waals surface area contributed by atoms with Crippen LogP contribution in [0.25, 0.3) is 0 Å². The first kappa shape index (κ1) is 12.4. The number of nitrogens with zero attached hydrogens (tertiary/aromatic N) is 2. The summed E-state index contributed by atoms with van der Waals surface area (Å²) >= 11 is 2.16. The number of hydrogen-bond donors (Lipinski definition) is 1. The van der Waals surface area contributed by atoms with Gasteiger partial charge in [-0.2, -0.15) is 13.5 Å². The molecular formula is C10H10IN3O2S. The van der Waals surface area contributed by atoms with Gasteiger partial charge < -0.3 is 0 Å². The van der Waals surface area contributed by atoms with E-state index in [-0.39, 0.29) is 5.03 Å². The fraction of sp³-hybridized carbons (Fsp3) is 0.100. The minimum absolute atomic E-state index is 0.135. The highest BCUT2D eigenvalue weighted by Gasteiger charge is 2.17. The monoisotopic (exact) mass is 363 g/mol. The summed E-state index contributed by atoms with van der Waals surface area (Å²) in [6, 6.07) is 8.56. The van der Waals surface area contributed by atoms with Crippen LogP contribution in [0.1, 0.15) is 0 Å². The summed E-state index contributed by atoms with van der Waals surface area (Å²) in [5.41, 5.74) is 0.534. The number of benzene rings is 1. The average molecular weight is 363 g/mol. The van der Waals surface area contributed by atoms with Crippen molar-refractivity contribution in [3.63, 3.8) is 0 Å². The Morgan fingerprint density at radius 1 is 1.24 bits per heavy atom. The number of hydrogen-bond acceptors (Lipinski definition) is 3. The SMILES string of the molecule is Cn1nccc1S(=O)(=O)Nc1ccc(I)cc1. The van der Waals surface area contributed by atoms with Gasteiger partial charge in [0.25, 0.3) is 10.0 Å². The van der Waals surface area contributed by atoms with Crippen LogP contribution in [0, 0.1) is 3.57 Å². The Labute approximate surface area is 113 Å². The molecule has 0 spiro atoms. The van der Waals surface area contributed by atoms with Gasteiger partial charge in [0, 0.05) is 16.3 Å². The Balaban J connectivity index is 2.30. The van der Waals surface area contributed by atoms with Gasteiger partial charge in [-0.05, 0) is 52.9 Å². The normalized spacial score (nSPS) is 11.4. The number of aryl methyl sites for hydroxylation is 1. The second kappa shape index (κ2) is 4.65. The molecule has 0 unspecified atom stereocenters. The zero-order chi connectivity index (χ0) is 12.5. The second-order valence-electron chi connectivity index (χ2n) is 3.41. The minimum Gasteiger partial charge on any atom is -0.278 e. The molecule has 5 nitrogen and oxygen atoms in total. The van der Waals surface area contributed by atoms with Crippen molar-refractivity contribution in [1.82, 2.24) is 9.78 Å². The largest absolute Gasteiger partial charge is 0.279 e. The molecule has 0 atom stereocenters. The number of anilines is 1. The maximum absolute atomic E-state index is 12.0. The molecule has 0 radical (unpaired) electrons. The van der Waals surface area contributed by atoms with Crippen LogP contribution in [-0.2, 0) is 17.1 Å². The lowest BCUT2D eigenvalue weighted by molar-refractivity contribution is 0.582. The zero-order valence-electron chi connectivity index (χ0n) is 8.96. The van der Waals surface area contributed by atoms with Crippen molar-refractivity contribution in [3.8, 4) is 0 Å². The Hall–Kier alpha value is -1.09. The van der Waals surface area contributed by atoms with Crippen molar-refractivity contribution in [1.29, 1.82) is 0 Å². The van der Waals surface area contributed by atoms with Gasteiger partial charge in [-0.1, -0.05) is 0 Å². The first-order valence-electron chi connectivity index (χ1n) is 4.75. The molecule has 2 rings (SSSR count). The molecule has 0 aliphatic carbocycles. The molecule has 1 heterocycles. The lowest BCUT2D eigenvalue weighted by atomic mass is 10.3. The first-order chi connectivity index (χ1) is 7.99. The van der Waals surface area contributed by atoms with E-state index in [9.17, 15) is 8.42 Å². The van der Waals surface area contributed by atoms with Crippen LogP contribution in [0.3, 0.4) is 0 Å². The highest BCUT2D eigenvalue weighted by molar-refractivity contribution is 14.1. The molecular weight excluding hydrogens is 353 g/mol. The summed E-state index contributed by atoms with van der Waals surface area (Å²) in [7, 11) is -1.98. The van der Waals surface area contributed by atoms with Crippen LogP contribution in [0.5, 0.6) is 0 Å². The molecule has 0 fully saturated rings. The fourth-order valence-electron chi connectivity index (χ4n) is 1.35. The van der Waals surface area contributed by atoms with Crippen molar-refractivity contribution in [2.75, 3.05) is 4.72 Å². The van der Waals surface area contributed by atoms with Crippen molar-refractivity contribution in [2.45, 2.75) is 5.03 Å². The van der Waals surface area contributed by atoms with Crippen molar-refractivity contribution >= 4 is 38.3 Å². The lowest BCUT2D eigenvalue weighted by Crippen LogP contribution is -2.16. The van der Waals surface area contributed by atoms with E-state index in [0.717, 1.165) is 3.57 Å². The molecule has 0 aliphatic heterocycles. The Morgan fingerprint density at radius 2 is 1.88 bits per heavy atom. The Morgan fingerprint density at radius 3 is 2.41 bits per heavy atom. The van der Waals surface area contributed by atoms with Crippen molar-refractivity contribution in [2.24, 2.45) is 7.05 Å². The maximum atomic E-state index is 12.0. The van der Waals surface area contributed by atoms with Crippen molar-refractivity contribution < 1.29 is 8.42 Å². The highest BCUT2D eigenvalue weighted by Crippen LogP contribution is 2.16. The molecule has 17 heavy (non-hydrogen) atoms. The molecule has 90 valence electrons. The Bertz CT molecular complexity index is 619. The van der Waals surface area contributed by atoms with Gasteiger partial charge >= 0.3 is 0 Å². The predicted octanol–water partition coefficient (Wildman–Crippen LogP) is 1.83. The molecule has 7 heteroatoms. The maximum Gasteiger partial charge on any atom is 0.279 e. The number of aromatic nitrogens is 2. The van der Waals surface area contributed by atoms with Crippen LogP contribution >= 0.6 is 22.6 Å².